The Hall–Kier alpha value is -2.27. The lowest BCUT2D eigenvalue weighted by molar-refractivity contribution is -0.0336. The van der Waals surface area contributed by atoms with Gasteiger partial charge in [0.05, 0.1) is 30.2 Å². The normalized spacial score (nSPS) is 20.7. The number of ether oxygens (including phenoxy) is 3. The third kappa shape index (κ3) is 7.19. The smallest absolute Gasteiger partial charge is 0.320 e. The molecule has 9 heteroatoms. The average molecular weight is 618 g/mol. The zero-order valence-corrected chi connectivity index (χ0v) is 27.9. The molecule has 2 N–H and O–H groups in total. The molecule has 2 aliphatic heterocycles. The molecule has 2 atom stereocenters. The fraction of sp³-hybridized carbons (Fsp3) is 0.639. The molecule has 4 heterocycles. The van der Waals surface area contributed by atoms with Gasteiger partial charge in [-0.3, -0.25) is 9.88 Å². The molecular weight excluding hydrogens is 565 g/mol. The third-order valence-electron chi connectivity index (χ3n) is 10.3. The number of fused-ring (bicyclic) bond motifs is 1. The van der Waals surface area contributed by atoms with Crippen LogP contribution in [0.3, 0.4) is 0 Å². The van der Waals surface area contributed by atoms with E-state index in [1.165, 1.54) is 24.0 Å². The van der Waals surface area contributed by atoms with E-state index in [0.717, 1.165) is 84.9 Å². The van der Waals surface area contributed by atoms with Crippen molar-refractivity contribution in [2.45, 2.75) is 96.8 Å². The highest BCUT2D eigenvalue weighted by molar-refractivity contribution is 6.65. The maximum Gasteiger partial charge on any atom is 0.320 e. The third-order valence-corrected chi connectivity index (χ3v) is 10.3. The second-order valence-electron chi connectivity index (χ2n) is 14.4. The van der Waals surface area contributed by atoms with Crippen molar-refractivity contribution in [3.63, 3.8) is 0 Å². The minimum absolute atomic E-state index is 0.0702. The van der Waals surface area contributed by atoms with Crippen LogP contribution in [0.15, 0.2) is 30.5 Å². The fourth-order valence-corrected chi connectivity index (χ4v) is 7.28. The molecule has 3 aliphatic rings. The minimum atomic E-state index is -0.581. The SMILES string of the molecule is COC(C)c1ncc(C2CCN(C3CC3)C2)cc1-c1c(CC(C)(C)CO)c2cc(B(C)O)ccc2n1CCOC1CCOCC1. The molecule has 2 saturated heterocycles. The minimum Gasteiger partial charge on any atom is -0.447 e. The molecule has 3 fully saturated rings. The van der Waals surface area contributed by atoms with Gasteiger partial charge in [-0.25, -0.2) is 0 Å². The zero-order chi connectivity index (χ0) is 31.7. The van der Waals surface area contributed by atoms with Crippen LogP contribution >= 0.6 is 0 Å². The molecule has 1 aromatic carbocycles. The first-order chi connectivity index (χ1) is 21.7. The Kier molecular flexibility index (Phi) is 10.0. The van der Waals surface area contributed by atoms with Gasteiger partial charge in [-0.2, -0.15) is 0 Å². The van der Waals surface area contributed by atoms with E-state index in [1.54, 1.807) is 7.11 Å². The van der Waals surface area contributed by atoms with Gasteiger partial charge in [0.2, 0.25) is 0 Å². The number of aliphatic hydroxyl groups excluding tert-OH is 1. The molecule has 1 saturated carbocycles. The molecule has 244 valence electrons. The number of pyridine rings is 1. The highest BCUT2D eigenvalue weighted by Crippen LogP contribution is 2.42. The van der Waals surface area contributed by atoms with Gasteiger partial charge >= 0.3 is 6.92 Å². The van der Waals surface area contributed by atoms with Gasteiger partial charge in [0.15, 0.2) is 0 Å². The van der Waals surface area contributed by atoms with Crippen LogP contribution in [0.1, 0.15) is 81.7 Å². The van der Waals surface area contributed by atoms with Crippen LogP contribution in [-0.2, 0) is 27.2 Å². The molecular formula is C36H52BN3O5. The van der Waals surface area contributed by atoms with Crippen molar-refractivity contribution in [1.82, 2.24) is 14.5 Å². The number of nitrogens with zero attached hydrogens (tertiary/aromatic N) is 3. The second-order valence-corrected chi connectivity index (χ2v) is 14.4. The van der Waals surface area contributed by atoms with Gasteiger partial charge in [-0.05, 0) is 92.0 Å². The lowest BCUT2D eigenvalue weighted by atomic mass is 9.64. The fourth-order valence-electron chi connectivity index (χ4n) is 7.28. The van der Waals surface area contributed by atoms with Crippen molar-refractivity contribution in [2.75, 3.05) is 46.6 Å². The van der Waals surface area contributed by atoms with E-state index in [2.05, 4.69) is 54.6 Å². The maximum absolute atomic E-state index is 10.6. The number of likely N-dealkylation sites (tertiary alicyclic amines) is 1. The Labute approximate surface area is 269 Å². The molecule has 45 heavy (non-hydrogen) atoms. The molecule has 8 nitrogen and oxygen atoms in total. The number of aliphatic hydroxyl groups is 1. The Morgan fingerprint density at radius 2 is 1.91 bits per heavy atom. The number of methoxy groups -OCH3 is 1. The number of hydrogen-bond donors (Lipinski definition) is 2. The summed E-state index contributed by atoms with van der Waals surface area (Å²) >= 11 is 0. The molecule has 2 unspecified atom stereocenters. The molecule has 0 radical (unpaired) electrons. The summed E-state index contributed by atoms with van der Waals surface area (Å²) in [5.74, 6) is 0.456. The highest BCUT2D eigenvalue weighted by atomic mass is 16.5. The van der Waals surface area contributed by atoms with Crippen LogP contribution in [0.4, 0.5) is 0 Å². The highest BCUT2D eigenvalue weighted by Gasteiger charge is 2.36. The van der Waals surface area contributed by atoms with E-state index in [4.69, 9.17) is 19.2 Å². The first-order valence-electron chi connectivity index (χ1n) is 17.1. The van der Waals surface area contributed by atoms with Gasteiger partial charge in [0, 0.05) is 68.7 Å². The number of aromatic nitrogens is 2. The zero-order valence-electron chi connectivity index (χ0n) is 27.9. The van der Waals surface area contributed by atoms with Crippen molar-refractivity contribution in [1.29, 1.82) is 0 Å². The lowest BCUT2D eigenvalue weighted by Crippen LogP contribution is -2.26. The van der Waals surface area contributed by atoms with E-state index in [0.29, 0.717) is 25.5 Å². The Bertz CT molecular complexity index is 1460. The van der Waals surface area contributed by atoms with E-state index in [9.17, 15) is 10.1 Å². The second kappa shape index (κ2) is 13.8. The van der Waals surface area contributed by atoms with Gasteiger partial charge in [0.1, 0.15) is 0 Å². The van der Waals surface area contributed by atoms with Crippen molar-refractivity contribution in [3.05, 3.63) is 47.3 Å². The maximum atomic E-state index is 10.6. The van der Waals surface area contributed by atoms with Crippen LogP contribution in [-0.4, -0.2) is 90.3 Å². The molecule has 6 rings (SSSR count). The summed E-state index contributed by atoms with van der Waals surface area (Å²) < 4.78 is 20.3. The number of hydrogen-bond acceptors (Lipinski definition) is 7. The molecule has 2 aromatic heterocycles. The largest absolute Gasteiger partial charge is 0.447 e. The van der Waals surface area contributed by atoms with E-state index < -0.39 is 6.92 Å². The average Bonchev–Trinajstić information content (AvgIpc) is 3.71. The predicted molar refractivity (Wildman–Crippen MR) is 180 cm³/mol. The van der Waals surface area contributed by atoms with E-state index >= 15 is 0 Å². The molecule has 0 amide bonds. The summed E-state index contributed by atoms with van der Waals surface area (Å²) in [6, 6.07) is 9.47. The van der Waals surface area contributed by atoms with Crippen molar-refractivity contribution in [3.8, 4) is 11.3 Å². The lowest BCUT2D eigenvalue weighted by Gasteiger charge is -2.25. The van der Waals surface area contributed by atoms with Gasteiger partial charge in [-0.15, -0.1) is 0 Å². The number of benzene rings is 1. The van der Waals surface area contributed by atoms with E-state index in [1.807, 2.05) is 12.9 Å². The molecule has 3 aromatic rings. The van der Waals surface area contributed by atoms with Crippen molar-refractivity contribution < 1.29 is 24.3 Å². The Morgan fingerprint density at radius 3 is 2.60 bits per heavy atom. The molecule has 0 spiro atoms. The van der Waals surface area contributed by atoms with Crippen LogP contribution in [0.25, 0.3) is 22.2 Å². The standard InChI is InChI=1S/C36H52BN3O5/c1-24(43-5)34-31(18-26(21-38-34)25-10-13-39(22-25)28-7-8-28)35-32(20-36(2,3)23-41)30-19-27(37(4)42)6-9-33(30)40(35)14-17-45-29-11-15-44-16-12-29/h6,9,18-19,21,24-25,28-29,41-42H,7-8,10-17,20,22-23H2,1-5H3. The summed E-state index contributed by atoms with van der Waals surface area (Å²) in [5, 5.41) is 22.2. The van der Waals surface area contributed by atoms with Gasteiger partial charge in [0.25, 0.3) is 0 Å². The van der Waals surface area contributed by atoms with Crippen molar-refractivity contribution >= 4 is 23.3 Å². The Balaban J connectivity index is 1.51. The first kappa shape index (κ1) is 32.7. The Morgan fingerprint density at radius 1 is 1.13 bits per heavy atom. The van der Waals surface area contributed by atoms with Gasteiger partial charge < -0.3 is 28.9 Å². The predicted octanol–water partition coefficient (Wildman–Crippen LogP) is 4.94. The van der Waals surface area contributed by atoms with Crippen LogP contribution < -0.4 is 5.46 Å². The summed E-state index contributed by atoms with van der Waals surface area (Å²) in [4.78, 5) is 7.79. The van der Waals surface area contributed by atoms with Crippen LogP contribution in [0.2, 0.25) is 6.82 Å². The summed E-state index contributed by atoms with van der Waals surface area (Å²) in [5.41, 5.74) is 7.24. The molecule has 0 bridgehead atoms. The summed E-state index contributed by atoms with van der Waals surface area (Å²) in [7, 11) is 1.75. The van der Waals surface area contributed by atoms with E-state index in [-0.39, 0.29) is 24.2 Å². The summed E-state index contributed by atoms with van der Waals surface area (Å²) in [6.45, 7) is 12.6. The number of rotatable bonds is 13. The van der Waals surface area contributed by atoms with Crippen molar-refractivity contribution in [2.24, 2.45) is 5.41 Å². The van der Waals surface area contributed by atoms with Gasteiger partial charge in [-0.1, -0.05) is 32.8 Å². The molecule has 1 aliphatic carbocycles. The van der Waals surface area contributed by atoms with Crippen LogP contribution in [0, 0.1) is 5.41 Å². The topological polar surface area (TPSA) is 89.2 Å². The quantitative estimate of drug-likeness (QED) is 0.263. The monoisotopic (exact) mass is 617 g/mol. The summed E-state index contributed by atoms with van der Waals surface area (Å²) in [6.07, 6.45) is 8.43. The first-order valence-corrected chi connectivity index (χ1v) is 17.1. The van der Waals surface area contributed by atoms with Crippen LogP contribution in [0.5, 0.6) is 0 Å².